The molecule has 0 aliphatic carbocycles. The summed E-state index contributed by atoms with van der Waals surface area (Å²) in [5, 5.41) is 5.00. The molecule has 0 saturated carbocycles. The first-order valence-corrected chi connectivity index (χ1v) is 10.0. The van der Waals surface area contributed by atoms with Crippen LogP contribution in [0.25, 0.3) is 0 Å². The molecule has 4 heterocycles. The number of rotatable bonds is 2. The normalized spacial score (nSPS) is 39.1. The third-order valence-corrected chi connectivity index (χ3v) is 7.77. The van der Waals surface area contributed by atoms with Crippen molar-refractivity contribution in [1.82, 2.24) is 15.5 Å². The first-order chi connectivity index (χ1) is 14.5. The zero-order chi connectivity index (χ0) is 20.8. The summed E-state index contributed by atoms with van der Waals surface area (Å²) in [5.41, 5.74) is -0.664. The fourth-order valence-electron chi connectivity index (χ4n) is 7.02. The number of hydrogen-bond acceptors (Lipinski definition) is 5. The molecule has 0 radical (unpaired) electrons. The Labute approximate surface area is 172 Å². The molecule has 150 valence electrons. The molecule has 6 atom stereocenters. The van der Waals surface area contributed by atoms with Gasteiger partial charge in [-0.05, 0) is 18.2 Å². The van der Waals surface area contributed by atoms with E-state index in [0.29, 0.717) is 0 Å². The van der Waals surface area contributed by atoms with Crippen LogP contribution in [0.4, 0.5) is 0 Å². The summed E-state index contributed by atoms with van der Waals surface area (Å²) in [5.74, 6) is -4.61. The number of fused-ring (bicyclic) bond motifs is 8. The first-order valence-electron chi connectivity index (χ1n) is 10.0. The number of carbonyl (C=O) groups excluding carboxylic acids is 4. The minimum absolute atomic E-state index is 0.385. The van der Waals surface area contributed by atoms with Gasteiger partial charge in [-0.25, -0.2) is 0 Å². The van der Waals surface area contributed by atoms with Gasteiger partial charge in [0.2, 0.25) is 23.6 Å². The number of nitrogens with zero attached hydrogens (tertiary/aromatic N) is 1. The van der Waals surface area contributed by atoms with E-state index in [2.05, 4.69) is 10.6 Å². The standard InChI is InChI=1S/C23H19N3O4/c1-26-22(12-8-4-2-5-9-12)14-16(20(29)24-18(14)27)23(26,13-10-6-3-7-11-13)17-15(22)19(28)25-21(17)30/h2-11,14-17H,1H3,(H,24,27,29)(H,25,28,30)/t14-,15+,16+,17-,22?,23?. The number of nitrogens with one attached hydrogen (secondary N) is 2. The second-order valence-electron chi connectivity index (χ2n) is 8.56. The van der Waals surface area contributed by atoms with Crippen molar-refractivity contribution in [3.8, 4) is 0 Å². The fourth-order valence-corrected chi connectivity index (χ4v) is 7.02. The molecule has 4 fully saturated rings. The van der Waals surface area contributed by atoms with Gasteiger partial charge in [0, 0.05) is 0 Å². The smallest absolute Gasteiger partial charge is 0.232 e. The van der Waals surface area contributed by atoms with E-state index in [1.165, 1.54) is 0 Å². The van der Waals surface area contributed by atoms with Crippen LogP contribution < -0.4 is 10.6 Å². The minimum Gasteiger partial charge on any atom is -0.296 e. The molecule has 30 heavy (non-hydrogen) atoms. The predicted octanol–water partition coefficient (Wildman–Crippen LogP) is 0.514. The van der Waals surface area contributed by atoms with Crippen LogP contribution in [-0.4, -0.2) is 35.6 Å². The highest BCUT2D eigenvalue weighted by atomic mass is 16.2. The van der Waals surface area contributed by atoms with Crippen molar-refractivity contribution in [2.45, 2.75) is 11.1 Å². The Balaban J connectivity index is 1.76. The molecule has 6 rings (SSSR count). The van der Waals surface area contributed by atoms with Gasteiger partial charge in [-0.1, -0.05) is 60.7 Å². The molecule has 4 amide bonds. The third kappa shape index (κ3) is 1.61. The maximum Gasteiger partial charge on any atom is 0.232 e. The fraction of sp³-hybridized carbons (Fsp3) is 0.304. The number of carbonyl (C=O) groups is 4. The largest absolute Gasteiger partial charge is 0.296 e. The second kappa shape index (κ2) is 5.43. The number of imide groups is 2. The highest BCUT2D eigenvalue weighted by Gasteiger charge is 2.86. The van der Waals surface area contributed by atoms with E-state index in [4.69, 9.17) is 0 Å². The van der Waals surface area contributed by atoms with E-state index in [9.17, 15) is 19.2 Å². The minimum atomic E-state index is -1.10. The summed E-state index contributed by atoms with van der Waals surface area (Å²) >= 11 is 0. The molecule has 4 saturated heterocycles. The molecule has 2 aromatic rings. The number of benzene rings is 2. The van der Waals surface area contributed by atoms with Crippen molar-refractivity contribution in [3.63, 3.8) is 0 Å². The Morgan fingerprint density at radius 2 is 0.900 bits per heavy atom. The Kier molecular flexibility index (Phi) is 3.17. The Bertz CT molecular complexity index is 1000. The average Bonchev–Trinajstić information content (AvgIpc) is 3.39. The maximum atomic E-state index is 13.2. The molecule has 2 N–H and O–H groups in total. The average molecular weight is 401 g/mol. The van der Waals surface area contributed by atoms with E-state index < -0.39 is 34.7 Å². The molecule has 7 nitrogen and oxygen atoms in total. The summed E-state index contributed by atoms with van der Waals surface area (Å²) in [6.07, 6.45) is 0. The molecule has 4 aliphatic rings. The summed E-state index contributed by atoms with van der Waals surface area (Å²) in [6, 6.07) is 18.7. The van der Waals surface area contributed by atoms with E-state index in [-0.39, 0.29) is 23.6 Å². The van der Waals surface area contributed by atoms with E-state index in [1.54, 1.807) is 0 Å². The van der Waals surface area contributed by atoms with Crippen LogP contribution in [0.15, 0.2) is 60.7 Å². The summed E-state index contributed by atoms with van der Waals surface area (Å²) in [7, 11) is 1.84. The van der Waals surface area contributed by atoms with Crippen LogP contribution in [0, 0.1) is 23.7 Å². The first kappa shape index (κ1) is 17.5. The van der Waals surface area contributed by atoms with Gasteiger partial charge in [-0.2, -0.15) is 0 Å². The molecule has 2 unspecified atom stereocenters. The molecule has 2 aromatic carbocycles. The van der Waals surface area contributed by atoms with E-state index in [1.807, 2.05) is 72.6 Å². The zero-order valence-electron chi connectivity index (χ0n) is 16.2. The van der Waals surface area contributed by atoms with Gasteiger partial charge >= 0.3 is 0 Å². The topological polar surface area (TPSA) is 95.6 Å². The Morgan fingerprint density at radius 3 is 1.20 bits per heavy atom. The van der Waals surface area contributed by atoms with E-state index in [0.717, 1.165) is 11.1 Å². The second-order valence-corrected chi connectivity index (χ2v) is 8.56. The lowest BCUT2D eigenvalue weighted by Gasteiger charge is -2.40. The molecular formula is C23H19N3O4. The van der Waals surface area contributed by atoms with Crippen molar-refractivity contribution in [3.05, 3.63) is 71.8 Å². The van der Waals surface area contributed by atoms with Gasteiger partial charge < -0.3 is 0 Å². The Hall–Kier alpha value is -3.32. The van der Waals surface area contributed by atoms with Crippen LogP contribution in [0.2, 0.25) is 0 Å². The highest BCUT2D eigenvalue weighted by molar-refractivity contribution is 6.13. The van der Waals surface area contributed by atoms with Crippen LogP contribution in [0.5, 0.6) is 0 Å². The molecule has 4 aliphatic heterocycles. The quantitative estimate of drug-likeness (QED) is 0.716. The van der Waals surface area contributed by atoms with Crippen molar-refractivity contribution in [2.24, 2.45) is 23.7 Å². The molecule has 0 spiro atoms. The number of amides is 4. The van der Waals surface area contributed by atoms with Crippen LogP contribution in [0.3, 0.4) is 0 Å². The molecule has 7 heteroatoms. The molecule has 2 bridgehead atoms. The van der Waals surface area contributed by atoms with Crippen LogP contribution >= 0.6 is 0 Å². The van der Waals surface area contributed by atoms with Crippen molar-refractivity contribution in [2.75, 3.05) is 7.05 Å². The predicted molar refractivity (Wildman–Crippen MR) is 104 cm³/mol. The lowest BCUT2D eigenvalue weighted by Crippen LogP contribution is -2.52. The van der Waals surface area contributed by atoms with Crippen molar-refractivity contribution >= 4 is 23.6 Å². The monoisotopic (exact) mass is 401 g/mol. The van der Waals surface area contributed by atoms with Gasteiger partial charge in [0.25, 0.3) is 0 Å². The van der Waals surface area contributed by atoms with Crippen molar-refractivity contribution in [1.29, 1.82) is 0 Å². The van der Waals surface area contributed by atoms with Gasteiger partial charge in [-0.3, -0.25) is 34.7 Å². The summed E-state index contributed by atoms with van der Waals surface area (Å²) in [4.78, 5) is 54.6. The highest BCUT2D eigenvalue weighted by Crippen LogP contribution is 2.73. The van der Waals surface area contributed by atoms with Crippen LogP contribution in [0.1, 0.15) is 11.1 Å². The van der Waals surface area contributed by atoms with Gasteiger partial charge in [0.05, 0.1) is 34.7 Å². The number of hydrogen-bond donors (Lipinski definition) is 2. The van der Waals surface area contributed by atoms with Gasteiger partial charge in [0.1, 0.15) is 0 Å². The third-order valence-electron chi connectivity index (χ3n) is 7.77. The lowest BCUT2D eigenvalue weighted by molar-refractivity contribution is -0.133. The zero-order valence-corrected chi connectivity index (χ0v) is 16.2. The van der Waals surface area contributed by atoms with E-state index >= 15 is 0 Å². The van der Waals surface area contributed by atoms with Gasteiger partial charge in [0.15, 0.2) is 0 Å². The lowest BCUT2D eigenvalue weighted by atomic mass is 9.55. The summed E-state index contributed by atoms with van der Waals surface area (Å²) in [6.45, 7) is 0. The van der Waals surface area contributed by atoms with Crippen LogP contribution in [-0.2, 0) is 30.3 Å². The Morgan fingerprint density at radius 1 is 0.600 bits per heavy atom. The SMILES string of the molecule is CN1C2(c3ccccc3)[C@@H]3C(=O)NC(=O)[C@@H]3C1(c1ccccc1)[C@@H]1C(=O)NC(=O)[C@@H]12. The molecule has 0 aromatic heterocycles. The van der Waals surface area contributed by atoms with Crippen molar-refractivity contribution < 1.29 is 19.2 Å². The molecular weight excluding hydrogens is 382 g/mol. The summed E-state index contributed by atoms with van der Waals surface area (Å²) < 4.78 is 0. The maximum absolute atomic E-state index is 13.2. The van der Waals surface area contributed by atoms with Gasteiger partial charge in [-0.15, -0.1) is 0 Å².